The maximum Gasteiger partial charge on any atom is 0.115 e. The molecule has 100 valence electrons. The van der Waals surface area contributed by atoms with Crippen LogP contribution in [0.2, 0.25) is 0 Å². The quantitative estimate of drug-likeness (QED) is 0.844. The summed E-state index contributed by atoms with van der Waals surface area (Å²) in [7, 11) is 0. The summed E-state index contributed by atoms with van der Waals surface area (Å²) in [6, 6.07) is 6.79. The van der Waals surface area contributed by atoms with Crippen LogP contribution in [-0.2, 0) is 10.3 Å². The summed E-state index contributed by atoms with van der Waals surface area (Å²) in [4.78, 5) is 0. The first kappa shape index (κ1) is 13.4. The fraction of sp³-hybridized carbons (Fsp3) is 0.600. The van der Waals surface area contributed by atoms with Crippen molar-refractivity contribution in [3.8, 4) is 5.75 Å². The second-order valence-corrected chi connectivity index (χ2v) is 5.35. The lowest BCUT2D eigenvalue weighted by Gasteiger charge is -2.24. The lowest BCUT2D eigenvalue weighted by atomic mass is 9.90. The first-order chi connectivity index (χ1) is 8.58. The van der Waals surface area contributed by atoms with Gasteiger partial charge in [-0.1, -0.05) is 12.1 Å². The standard InChI is InChI=1S/C15H22O3/c1-15(17,12-6-8-13(16)9-7-12)10-2-4-14-5-3-11-18-14/h6-9,14,16-17H,2-5,10-11H2,1H3. The van der Waals surface area contributed by atoms with Gasteiger partial charge in [0.15, 0.2) is 0 Å². The third kappa shape index (κ3) is 3.47. The largest absolute Gasteiger partial charge is 0.508 e. The average Bonchev–Trinajstić information content (AvgIpc) is 2.82. The van der Waals surface area contributed by atoms with Crippen LogP contribution in [0.3, 0.4) is 0 Å². The Kier molecular flexibility index (Phi) is 4.25. The summed E-state index contributed by atoms with van der Waals surface area (Å²) >= 11 is 0. The van der Waals surface area contributed by atoms with Gasteiger partial charge in [-0.3, -0.25) is 0 Å². The highest BCUT2D eigenvalue weighted by Crippen LogP contribution is 2.29. The molecule has 2 unspecified atom stereocenters. The fourth-order valence-corrected chi connectivity index (χ4v) is 2.51. The van der Waals surface area contributed by atoms with E-state index in [1.54, 1.807) is 24.3 Å². The maximum absolute atomic E-state index is 10.4. The molecule has 0 saturated carbocycles. The van der Waals surface area contributed by atoms with Crippen LogP contribution < -0.4 is 0 Å². The maximum atomic E-state index is 10.4. The lowest BCUT2D eigenvalue weighted by Crippen LogP contribution is -2.21. The normalized spacial score (nSPS) is 22.9. The topological polar surface area (TPSA) is 49.7 Å². The van der Waals surface area contributed by atoms with Gasteiger partial charge in [0.2, 0.25) is 0 Å². The van der Waals surface area contributed by atoms with Gasteiger partial charge in [0.25, 0.3) is 0 Å². The molecule has 1 aromatic carbocycles. The van der Waals surface area contributed by atoms with Crippen molar-refractivity contribution < 1.29 is 14.9 Å². The minimum atomic E-state index is -0.827. The lowest BCUT2D eigenvalue weighted by molar-refractivity contribution is 0.0371. The van der Waals surface area contributed by atoms with Crippen molar-refractivity contribution >= 4 is 0 Å². The van der Waals surface area contributed by atoms with Gasteiger partial charge in [-0.2, -0.15) is 0 Å². The Morgan fingerprint density at radius 2 is 2.06 bits per heavy atom. The van der Waals surface area contributed by atoms with Crippen LogP contribution in [0.4, 0.5) is 0 Å². The molecule has 2 atom stereocenters. The molecule has 1 aromatic rings. The Morgan fingerprint density at radius 3 is 2.67 bits per heavy atom. The molecule has 1 aliphatic rings. The number of aromatic hydroxyl groups is 1. The highest BCUT2D eigenvalue weighted by molar-refractivity contribution is 5.29. The van der Waals surface area contributed by atoms with Gasteiger partial charge in [-0.15, -0.1) is 0 Å². The van der Waals surface area contributed by atoms with Crippen molar-refractivity contribution in [2.24, 2.45) is 0 Å². The Morgan fingerprint density at radius 1 is 1.33 bits per heavy atom. The summed E-state index contributed by atoms with van der Waals surface area (Å²) in [5.41, 5.74) is 0.0272. The number of aliphatic hydroxyl groups is 1. The molecular formula is C15H22O3. The molecule has 0 aromatic heterocycles. The van der Waals surface area contributed by atoms with E-state index in [0.29, 0.717) is 6.10 Å². The van der Waals surface area contributed by atoms with Crippen LogP contribution in [0.1, 0.15) is 44.6 Å². The minimum Gasteiger partial charge on any atom is -0.508 e. The van der Waals surface area contributed by atoms with E-state index >= 15 is 0 Å². The van der Waals surface area contributed by atoms with Crippen LogP contribution in [0.15, 0.2) is 24.3 Å². The molecule has 0 aliphatic carbocycles. The van der Waals surface area contributed by atoms with Crippen molar-refractivity contribution in [1.29, 1.82) is 0 Å². The van der Waals surface area contributed by atoms with E-state index in [0.717, 1.165) is 37.9 Å². The number of phenols is 1. The van der Waals surface area contributed by atoms with Gasteiger partial charge in [-0.25, -0.2) is 0 Å². The smallest absolute Gasteiger partial charge is 0.115 e. The van der Waals surface area contributed by atoms with Crippen LogP contribution >= 0.6 is 0 Å². The zero-order valence-corrected chi connectivity index (χ0v) is 10.9. The van der Waals surface area contributed by atoms with Crippen LogP contribution in [0.5, 0.6) is 5.75 Å². The van der Waals surface area contributed by atoms with E-state index in [1.165, 1.54) is 6.42 Å². The van der Waals surface area contributed by atoms with E-state index in [9.17, 15) is 10.2 Å². The van der Waals surface area contributed by atoms with E-state index in [2.05, 4.69) is 0 Å². The molecule has 1 saturated heterocycles. The van der Waals surface area contributed by atoms with Crippen molar-refractivity contribution in [2.75, 3.05) is 6.61 Å². The van der Waals surface area contributed by atoms with E-state index < -0.39 is 5.60 Å². The zero-order chi connectivity index (χ0) is 13.0. The highest BCUT2D eigenvalue weighted by atomic mass is 16.5. The second kappa shape index (κ2) is 5.72. The Balaban J connectivity index is 1.84. The molecule has 18 heavy (non-hydrogen) atoms. The average molecular weight is 250 g/mol. The van der Waals surface area contributed by atoms with Crippen LogP contribution in [-0.4, -0.2) is 22.9 Å². The van der Waals surface area contributed by atoms with Gasteiger partial charge in [0.1, 0.15) is 5.75 Å². The molecule has 0 bridgehead atoms. The fourth-order valence-electron chi connectivity index (χ4n) is 2.51. The molecule has 0 amide bonds. The summed E-state index contributed by atoms with van der Waals surface area (Å²) in [6.45, 7) is 2.72. The Labute approximate surface area is 108 Å². The second-order valence-electron chi connectivity index (χ2n) is 5.35. The van der Waals surface area contributed by atoms with Gasteiger partial charge in [0, 0.05) is 6.61 Å². The first-order valence-electron chi connectivity index (χ1n) is 6.71. The number of hydrogen-bond acceptors (Lipinski definition) is 3. The van der Waals surface area contributed by atoms with Gasteiger partial charge in [0.05, 0.1) is 11.7 Å². The zero-order valence-electron chi connectivity index (χ0n) is 10.9. The molecule has 1 heterocycles. The summed E-state index contributed by atoms with van der Waals surface area (Å²) in [5.74, 6) is 0.230. The first-order valence-corrected chi connectivity index (χ1v) is 6.71. The predicted molar refractivity (Wildman–Crippen MR) is 70.5 cm³/mol. The van der Waals surface area contributed by atoms with Crippen molar-refractivity contribution in [1.82, 2.24) is 0 Å². The Bertz CT molecular complexity index is 364. The molecular weight excluding hydrogens is 228 g/mol. The van der Waals surface area contributed by atoms with Gasteiger partial charge in [-0.05, 0) is 56.7 Å². The van der Waals surface area contributed by atoms with E-state index in [-0.39, 0.29) is 5.75 Å². The third-order valence-corrected chi connectivity index (χ3v) is 3.70. The molecule has 1 fully saturated rings. The molecule has 3 nitrogen and oxygen atoms in total. The van der Waals surface area contributed by atoms with Crippen LogP contribution in [0.25, 0.3) is 0 Å². The number of benzene rings is 1. The summed E-state index contributed by atoms with van der Waals surface area (Å²) in [5, 5.41) is 19.7. The molecule has 0 spiro atoms. The van der Waals surface area contributed by atoms with Crippen molar-refractivity contribution in [3.63, 3.8) is 0 Å². The third-order valence-electron chi connectivity index (χ3n) is 3.70. The number of rotatable bonds is 5. The van der Waals surface area contributed by atoms with Crippen molar-refractivity contribution in [2.45, 2.75) is 50.7 Å². The number of hydrogen-bond donors (Lipinski definition) is 2. The predicted octanol–water partition coefficient (Wildman–Crippen LogP) is 2.95. The summed E-state index contributed by atoms with van der Waals surface area (Å²) in [6.07, 6.45) is 5.41. The monoisotopic (exact) mass is 250 g/mol. The van der Waals surface area contributed by atoms with E-state index in [4.69, 9.17) is 4.74 Å². The van der Waals surface area contributed by atoms with E-state index in [1.807, 2.05) is 6.92 Å². The molecule has 2 rings (SSSR count). The number of ether oxygens (including phenoxy) is 1. The molecule has 0 radical (unpaired) electrons. The highest BCUT2D eigenvalue weighted by Gasteiger charge is 2.24. The molecule has 1 aliphatic heterocycles. The summed E-state index contributed by atoms with van der Waals surface area (Å²) < 4.78 is 5.57. The number of phenolic OH excluding ortho intramolecular Hbond substituents is 1. The SMILES string of the molecule is CC(O)(CCCC1CCCO1)c1ccc(O)cc1. The minimum absolute atomic E-state index is 0.230. The Hall–Kier alpha value is -1.06. The molecule has 3 heteroatoms. The molecule has 2 N–H and O–H groups in total. The van der Waals surface area contributed by atoms with Gasteiger partial charge < -0.3 is 14.9 Å². The van der Waals surface area contributed by atoms with Crippen molar-refractivity contribution in [3.05, 3.63) is 29.8 Å². The van der Waals surface area contributed by atoms with Gasteiger partial charge >= 0.3 is 0 Å². The van der Waals surface area contributed by atoms with Crippen LogP contribution in [0, 0.1) is 0 Å².